The van der Waals surface area contributed by atoms with Crippen LogP contribution in [0.3, 0.4) is 0 Å². The first-order valence-electron chi connectivity index (χ1n) is 7.17. The van der Waals surface area contributed by atoms with Gasteiger partial charge in [-0.3, -0.25) is 5.10 Å². The molecule has 0 radical (unpaired) electrons. The highest BCUT2D eigenvalue weighted by Crippen LogP contribution is 2.27. The topological polar surface area (TPSA) is 67.2 Å². The normalized spacial score (nSPS) is 22.1. The zero-order chi connectivity index (χ0) is 14.1. The van der Waals surface area contributed by atoms with Crippen LogP contribution in [-0.4, -0.2) is 32.5 Å². The number of rotatable bonds is 4. The summed E-state index contributed by atoms with van der Waals surface area (Å²) in [7, 11) is 0. The average molecular weight is 283 g/mol. The maximum Gasteiger partial charge on any atom is 0.114 e. The van der Waals surface area contributed by atoms with Crippen molar-refractivity contribution in [1.29, 1.82) is 0 Å². The fraction of sp³-hybridized carbons (Fsp3) is 0.333. The smallest absolute Gasteiger partial charge is 0.114 e. The van der Waals surface area contributed by atoms with E-state index in [0.29, 0.717) is 6.04 Å². The third-order valence-corrected chi connectivity index (χ3v) is 3.98. The molecule has 0 amide bonds. The quantitative estimate of drug-likeness (QED) is 0.764. The highest BCUT2D eigenvalue weighted by atomic mass is 16.5. The van der Waals surface area contributed by atoms with Crippen LogP contribution in [0.2, 0.25) is 0 Å². The van der Waals surface area contributed by atoms with Crippen molar-refractivity contribution in [3.8, 4) is 0 Å². The van der Waals surface area contributed by atoms with E-state index >= 15 is 0 Å². The molecule has 6 nitrogen and oxygen atoms in total. The van der Waals surface area contributed by atoms with Gasteiger partial charge >= 0.3 is 0 Å². The number of ether oxygens (including phenoxy) is 1. The lowest BCUT2D eigenvalue weighted by molar-refractivity contribution is 0.0951. The zero-order valence-electron chi connectivity index (χ0n) is 11.6. The van der Waals surface area contributed by atoms with Crippen LogP contribution in [0, 0.1) is 0 Å². The molecule has 0 spiro atoms. The number of fused-ring (bicyclic) bond motifs is 1. The van der Waals surface area contributed by atoms with Crippen LogP contribution in [0.15, 0.2) is 42.9 Å². The fourth-order valence-corrected chi connectivity index (χ4v) is 2.89. The van der Waals surface area contributed by atoms with Gasteiger partial charge in [0.2, 0.25) is 0 Å². The van der Waals surface area contributed by atoms with Crippen molar-refractivity contribution in [3.63, 3.8) is 0 Å². The van der Waals surface area contributed by atoms with Crippen LogP contribution in [-0.2, 0) is 11.3 Å². The summed E-state index contributed by atoms with van der Waals surface area (Å²) in [6, 6.07) is 8.37. The predicted octanol–water partition coefficient (Wildman–Crippen LogP) is 1.68. The van der Waals surface area contributed by atoms with E-state index in [0.717, 1.165) is 30.8 Å². The number of hydrogen-bond donors (Lipinski definition) is 2. The Morgan fingerprint density at radius 3 is 3.29 bits per heavy atom. The molecule has 0 aliphatic carbocycles. The van der Waals surface area contributed by atoms with Crippen molar-refractivity contribution < 1.29 is 4.74 Å². The van der Waals surface area contributed by atoms with Gasteiger partial charge in [-0.25, -0.2) is 4.52 Å². The molecule has 108 valence electrons. The second-order valence-corrected chi connectivity index (χ2v) is 5.28. The Morgan fingerprint density at radius 1 is 1.38 bits per heavy atom. The summed E-state index contributed by atoms with van der Waals surface area (Å²) >= 11 is 0. The summed E-state index contributed by atoms with van der Waals surface area (Å²) in [5.41, 5.74) is 3.37. The summed E-state index contributed by atoms with van der Waals surface area (Å²) in [5, 5.41) is 15.0. The van der Waals surface area contributed by atoms with Crippen LogP contribution < -0.4 is 5.32 Å². The van der Waals surface area contributed by atoms with Crippen molar-refractivity contribution in [1.82, 2.24) is 25.1 Å². The Hall–Kier alpha value is -2.18. The molecule has 21 heavy (non-hydrogen) atoms. The van der Waals surface area contributed by atoms with Gasteiger partial charge in [-0.1, -0.05) is 6.07 Å². The number of nitrogens with zero attached hydrogens (tertiary/aromatic N) is 3. The SMILES string of the molecule is c1ccn2ncc(CN[C@H]3CCO[C@@H]3c3ccn[nH]3)c2c1. The van der Waals surface area contributed by atoms with Gasteiger partial charge in [-0.2, -0.15) is 10.2 Å². The highest BCUT2D eigenvalue weighted by molar-refractivity contribution is 5.53. The van der Waals surface area contributed by atoms with Gasteiger partial charge in [0, 0.05) is 37.2 Å². The number of pyridine rings is 1. The average Bonchev–Trinajstić information content (AvgIpc) is 3.25. The highest BCUT2D eigenvalue weighted by Gasteiger charge is 2.30. The minimum Gasteiger partial charge on any atom is -0.370 e. The van der Waals surface area contributed by atoms with E-state index in [2.05, 4.69) is 26.7 Å². The van der Waals surface area contributed by atoms with Crippen LogP contribution in [0.4, 0.5) is 0 Å². The van der Waals surface area contributed by atoms with Gasteiger partial charge in [0.25, 0.3) is 0 Å². The molecule has 0 unspecified atom stereocenters. The Kier molecular flexibility index (Phi) is 3.17. The number of nitrogens with one attached hydrogen (secondary N) is 2. The largest absolute Gasteiger partial charge is 0.370 e. The summed E-state index contributed by atoms with van der Waals surface area (Å²) < 4.78 is 7.71. The van der Waals surface area contributed by atoms with Crippen LogP contribution in [0.25, 0.3) is 5.52 Å². The molecule has 1 fully saturated rings. The van der Waals surface area contributed by atoms with E-state index in [1.165, 1.54) is 5.56 Å². The van der Waals surface area contributed by atoms with Crippen molar-refractivity contribution >= 4 is 5.52 Å². The molecule has 1 aliphatic heterocycles. The number of aromatic amines is 1. The number of aromatic nitrogens is 4. The molecular weight excluding hydrogens is 266 g/mol. The molecule has 1 aliphatic rings. The van der Waals surface area contributed by atoms with Gasteiger partial charge in [0.05, 0.1) is 17.4 Å². The van der Waals surface area contributed by atoms with E-state index in [4.69, 9.17) is 4.74 Å². The van der Waals surface area contributed by atoms with Crippen molar-refractivity contribution in [3.05, 3.63) is 54.1 Å². The molecule has 1 saturated heterocycles. The first kappa shape index (κ1) is 12.6. The lowest BCUT2D eigenvalue weighted by Gasteiger charge is -2.18. The van der Waals surface area contributed by atoms with Gasteiger partial charge in [-0.05, 0) is 24.6 Å². The first-order valence-corrected chi connectivity index (χ1v) is 7.17. The molecular formula is C15H17N5O. The summed E-state index contributed by atoms with van der Waals surface area (Å²) in [6.07, 6.45) is 6.70. The predicted molar refractivity (Wildman–Crippen MR) is 77.7 cm³/mol. The van der Waals surface area contributed by atoms with E-state index in [9.17, 15) is 0 Å². The Bertz CT molecular complexity index is 721. The van der Waals surface area contributed by atoms with Crippen LogP contribution >= 0.6 is 0 Å². The van der Waals surface area contributed by atoms with Crippen LogP contribution in [0.1, 0.15) is 23.8 Å². The van der Waals surface area contributed by atoms with Gasteiger partial charge in [0.1, 0.15) is 6.10 Å². The molecule has 2 N–H and O–H groups in total. The lowest BCUT2D eigenvalue weighted by atomic mass is 10.1. The Balaban J connectivity index is 1.49. The van der Waals surface area contributed by atoms with E-state index in [1.54, 1.807) is 6.20 Å². The molecule has 0 bridgehead atoms. The number of H-pyrrole nitrogens is 1. The fourth-order valence-electron chi connectivity index (χ4n) is 2.89. The van der Waals surface area contributed by atoms with Crippen molar-refractivity contribution in [2.75, 3.05) is 6.61 Å². The second-order valence-electron chi connectivity index (χ2n) is 5.28. The summed E-state index contributed by atoms with van der Waals surface area (Å²) in [5.74, 6) is 0. The van der Waals surface area contributed by atoms with Crippen LogP contribution in [0.5, 0.6) is 0 Å². The third kappa shape index (κ3) is 2.32. The maximum absolute atomic E-state index is 5.81. The second kappa shape index (κ2) is 5.31. The monoisotopic (exact) mass is 283 g/mol. The van der Waals surface area contributed by atoms with E-state index in [-0.39, 0.29) is 6.10 Å². The molecule has 0 saturated carbocycles. The van der Waals surface area contributed by atoms with Gasteiger partial charge in [0.15, 0.2) is 0 Å². The Morgan fingerprint density at radius 2 is 2.38 bits per heavy atom. The Labute approximate surface area is 122 Å². The molecule has 4 heterocycles. The minimum atomic E-state index is 0.0503. The summed E-state index contributed by atoms with van der Waals surface area (Å²) in [4.78, 5) is 0. The van der Waals surface area contributed by atoms with Crippen molar-refractivity contribution in [2.24, 2.45) is 0 Å². The maximum atomic E-state index is 5.81. The van der Waals surface area contributed by atoms with E-state index in [1.807, 2.05) is 35.1 Å². The molecule has 0 aromatic carbocycles. The van der Waals surface area contributed by atoms with Gasteiger partial charge in [-0.15, -0.1) is 0 Å². The van der Waals surface area contributed by atoms with Gasteiger partial charge < -0.3 is 10.1 Å². The molecule has 2 atom stereocenters. The zero-order valence-corrected chi connectivity index (χ0v) is 11.6. The molecule has 6 heteroatoms. The molecule has 4 rings (SSSR count). The van der Waals surface area contributed by atoms with Crippen molar-refractivity contribution in [2.45, 2.75) is 25.1 Å². The molecule has 3 aromatic rings. The van der Waals surface area contributed by atoms with E-state index < -0.39 is 0 Å². The lowest BCUT2D eigenvalue weighted by Crippen LogP contribution is -2.31. The standard InChI is InChI=1S/C15H17N5O/c1-2-7-20-14(3-1)11(10-18-20)9-16-12-5-8-21-15(12)13-4-6-17-19-13/h1-4,6-7,10,12,15-16H,5,8-9H2,(H,17,19)/t12-,15-/m0/s1. The first-order chi connectivity index (χ1) is 10.4. The summed E-state index contributed by atoms with van der Waals surface area (Å²) in [6.45, 7) is 1.56. The molecule has 3 aromatic heterocycles. The number of hydrogen-bond acceptors (Lipinski definition) is 4. The minimum absolute atomic E-state index is 0.0503. The third-order valence-electron chi connectivity index (χ3n) is 3.98.